The van der Waals surface area contributed by atoms with E-state index in [2.05, 4.69) is 17.4 Å². The monoisotopic (exact) mass is 343 g/mol. The molecule has 4 heteroatoms. The van der Waals surface area contributed by atoms with Crippen LogP contribution in [0.15, 0.2) is 59.5 Å². The van der Waals surface area contributed by atoms with Crippen molar-refractivity contribution in [2.45, 2.75) is 43.7 Å². The van der Waals surface area contributed by atoms with Crippen LogP contribution in [0, 0.1) is 0 Å². The number of ether oxygens (including phenoxy) is 1. The Morgan fingerprint density at radius 2 is 1.75 bits per heavy atom. The first kappa shape index (κ1) is 18.4. The summed E-state index contributed by atoms with van der Waals surface area (Å²) in [5, 5.41) is 3.02. The first-order valence-corrected chi connectivity index (χ1v) is 9.46. The van der Waals surface area contributed by atoms with Crippen LogP contribution < -0.4 is 10.1 Å². The minimum Gasteiger partial charge on any atom is -0.481 e. The Balaban J connectivity index is 1.77. The molecule has 0 bridgehead atoms. The molecule has 0 aliphatic carbocycles. The Kier molecular flexibility index (Phi) is 7.19. The van der Waals surface area contributed by atoms with Gasteiger partial charge in [0.2, 0.25) is 0 Å². The van der Waals surface area contributed by atoms with E-state index in [1.54, 1.807) is 18.7 Å². The number of rotatable bonds is 8. The van der Waals surface area contributed by atoms with E-state index in [4.69, 9.17) is 4.74 Å². The van der Waals surface area contributed by atoms with Crippen molar-refractivity contribution in [1.82, 2.24) is 5.32 Å². The normalized spacial score (nSPS) is 13.1. The Morgan fingerprint density at radius 1 is 1.08 bits per heavy atom. The largest absolute Gasteiger partial charge is 0.481 e. The van der Waals surface area contributed by atoms with Gasteiger partial charge in [0.1, 0.15) is 5.75 Å². The number of benzene rings is 2. The lowest BCUT2D eigenvalue weighted by Gasteiger charge is -2.19. The van der Waals surface area contributed by atoms with Crippen LogP contribution in [0.25, 0.3) is 0 Å². The van der Waals surface area contributed by atoms with Gasteiger partial charge in [-0.3, -0.25) is 4.79 Å². The van der Waals surface area contributed by atoms with E-state index in [9.17, 15) is 4.79 Å². The summed E-state index contributed by atoms with van der Waals surface area (Å²) in [5.74, 6) is 0.636. The molecule has 1 amide bonds. The Morgan fingerprint density at radius 3 is 2.38 bits per heavy atom. The number of nitrogens with one attached hydrogen (secondary N) is 1. The molecule has 0 spiro atoms. The van der Waals surface area contributed by atoms with Crippen LogP contribution in [0.2, 0.25) is 0 Å². The van der Waals surface area contributed by atoms with Crippen LogP contribution in [-0.2, 0) is 11.2 Å². The molecular formula is C20H25NO2S. The highest BCUT2D eigenvalue weighted by atomic mass is 32.2. The van der Waals surface area contributed by atoms with Crippen molar-refractivity contribution < 1.29 is 9.53 Å². The third-order valence-electron chi connectivity index (χ3n) is 3.84. The van der Waals surface area contributed by atoms with Gasteiger partial charge in [-0.05, 0) is 62.8 Å². The standard InChI is InChI=1S/C20H25NO2S/c1-15(9-10-17-7-5-4-6-8-17)21-20(22)16(2)23-18-11-13-19(24-3)14-12-18/h4-8,11-16H,9-10H2,1-3H3,(H,21,22). The molecule has 2 aromatic carbocycles. The summed E-state index contributed by atoms with van der Waals surface area (Å²) < 4.78 is 5.72. The summed E-state index contributed by atoms with van der Waals surface area (Å²) in [6.45, 7) is 3.81. The van der Waals surface area contributed by atoms with Crippen LogP contribution in [0.4, 0.5) is 0 Å². The van der Waals surface area contributed by atoms with E-state index >= 15 is 0 Å². The second-order valence-corrected chi connectivity index (χ2v) is 6.75. The number of hydrogen-bond donors (Lipinski definition) is 1. The van der Waals surface area contributed by atoms with Gasteiger partial charge in [-0.2, -0.15) is 0 Å². The van der Waals surface area contributed by atoms with Crippen molar-refractivity contribution in [3.8, 4) is 5.75 Å². The molecule has 0 radical (unpaired) electrons. The first-order valence-electron chi connectivity index (χ1n) is 8.23. The van der Waals surface area contributed by atoms with E-state index in [0.29, 0.717) is 5.75 Å². The summed E-state index contributed by atoms with van der Waals surface area (Å²) in [7, 11) is 0. The van der Waals surface area contributed by atoms with Crippen molar-refractivity contribution >= 4 is 17.7 Å². The molecule has 2 atom stereocenters. The maximum atomic E-state index is 12.3. The molecule has 2 aromatic rings. The molecule has 0 heterocycles. The van der Waals surface area contributed by atoms with Crippen molar-refractivity contribution in [2.24, 2.45) is 0 Å². The van der Waals surface area contributed by atoms with Crippen molar-refractivity contribution in [3.05, 3.63) is 60.2 Å². The van der Waals surface area contributed by atoms with Gasteiger partial charge in [0.15, 0.2) is 6.10 Å². The van der Waals surface area contributed by atoms with Crippen LogP contribution >= 0.6 is 11.8 Å². The van der Waals surface area contributed by atoms with Gasteiger partial charge in [-0.25, -0.2) is 0 Å². The third-order valence-corrected chi connectivity index (χ3v) is 4.58. The number of thioether (sulfide) groups is 1. The second-order valence-electron chi connectivity index (χ2n) is 5.87. The highest BCUT2D eigenvalue weighted by molar-refractivity contribution is 7.98. The Bertz CT molecular complexity index is 628. The summed E-state index contributed by atoms with van der Waals surface area (Å²) in [6.07, 6.45) is 3.38. The molecule has 2 unspecified atom stereocenters. The first-order chi connectivity index (χ1) is 11.6. The lowest BCUT2D eigenvalue weighted by Crippen LogP contribution is -2.41. The van der Waals surface area contributed by atoms with Gasteiger partial charge in [-0.15, -0.1) is 11.8 Å². The molecule has 24 heavy (non-hydrogen) atoms. The minimum atomic E-state index is -0.510. The summed E-state index contributed by atoms with van der Waals surface area (Å²) >= 11 is 1.68. The number of carbonyl (C=O) groups excluding carboxylic acids is 1. The molecule has 0 aromatic heterocycles. The molecule has 0 aliphatic heterocycles. The van der Waals surface area contributed by atoms with Gasteiger partial charge >= 0.3 is 0 Å². The van der Waals surface area contributed by atoms with Crippen molar-refractivity contribution in [2.75, 3.05) is 6.26 Å². The predicted molar refractivity (Wildman–Crippen MR) is 101 cm³/mol. The zero-order valence-electron chi connectivity index (χ0n) is 14.5. The zero-order valence-corrected chi connectivity index (χ0v) is 15.3. The Labute approximate surface area is 148 Å². The van der Waals surface area contributed by atoms with Gasteiger partial charge in [0, 0.05) is 10.9 Å². The molecule has 1 N–H and O–H groups in total. The molecular weight excluding hydrogens is 318 g/mol. The van der Waals surface area contributed by atoms with E-state index in [-0.39, 0.29) is 11.9 Å². The van der Waals surface area contributed by atoms with Gasteiger partial charge in [-0.1, -0.05) is 30.3 Å². The van der Waals surface area contributed by atoms with Gasteiger partial charge < -0.3 is 10.1 Å². The fourth-order valence-electron chi connectivity index (χ4n) is 2.37. The maximum Gasteiger partial charge on any atom is 0.260 e. The number of hydrogen-bond acceptors (Lipinski definition) is 3. The molecule has 0 fully saturated rings. The highest BCUT2D eigenvalue weighted by Crippen LogP contribution is 2.19. The average molecular weight is 343 g/mol. The highest BCUT2D eigenvalue weighted by Gasteiger charge is 2.16. The third kappa shape index (κ3) is 5.93. The second kappa shape index (κ2) is 9.38. The summed E-state index contributed by atoms with van der Waals surface area (Å²) in [6, 6.07) is 18.2. The average Bonchev–Trinajstić information content (AvgIpc) is 2.61. The lowest BCUT2D eigenvalue weighted by atomic mass is 10.1. The summed E-state index contributed by atoms with van der Waals surface area (Å²) in [4.78, 5) is 13.4. The topological polar surface area (TPSA) is 38.3 Å². The molecule has 0 saturated heterocycles. The quantitative estimate of drug-likeness (QED) is 0.726. The van der Waals surface area contributed by atoms with E-state index in [1.165, 1.54) is 10.5 Å². The van der Waals surface area contributed by atoms with Crippen molar-refractivity contribution in [1.29, 1.82) is 0 Å². The summed E-state index contributed by atoms with van der Waals surface area (Å²) in [5.41, 5.74) is 1.29. The SMILES string of the molecule is CSc1ccc(OC(C)C(=O)NC(C)CCc2ccccc2)cc1. The van der Waals surface area contributed by atoms with Crippen LogP contribution in [0.3, 0.4) is 0 Å². The van der Waals surface area contributed by atoms with Crippen molar-refractivity contribution in [3.63, 3.8) is 0 Å². The number of amides is 1. The number of aryl methyl sites for hydroxylation is 1. The predicted octanol–water partition coefficient (Wildman–Crippen LogP) is 4.31. The van der Waals surface area contributed by atoms with Gasteiger partial charge in [0.25, 0.3) is 5.91 Å². The van der Waals surface area contributed by atoms with E-state index < -0.39 is 6.10 Å². The lowest BCUT2D eigenvalue weighted by molar-refractivity contribution is -0.127. The molecule has 128 valence electrons. The Hall–Kier alpha value is -1.94. The number of carbonyl (C=O) groups is 1. The van der Waals surface area contributed by atoms with E-state index in [1.807, 2.05) is 55.6 Å². The fraction of sp³-hybridized carbons (Fsp3) is 0.350. The minimum absolute atomic E-state index is 0.0792. The maximum absolute atomic E-state index is 12.3. The van der Waals surface area contributed by atoms with Crippen LogP contribution in [0.5, 0.6) is 5.75 Å². The van der Waals surface area contributed by atoms with Gasteiger partial charge in [0.05, 0.1) is 0 Å². The van der Waals surface area contributed by atoms with Crippen LogP contribution in [-0.4, -0.2) is 24.3 Å². The van der Waals surface area contributed by atoms with E-state index in [0.717, 1.165) is 12.8 Å². The zero-order chi connectivity index (χ0) is 17.4. The smallest absolute Gasteiger partial charge is 0.260 e. The molecule has 3 nitrogen and oxygen atoms in total. The van der Waals surface area contributed by atoms with Crippen LogP contribution in [0.1, 0.15) is 25.8 Å². The molecule has 2 rings (SSSR count). The molecule has 0 aliphatic rings. The molecule has 0 saturated carbocycles. The fourth-order valence-corrected chi connectivity index (χ4v) is 2.78.